The molecule has 0 aromatic heterocycles. The lowest BCUT2D eigenvalue weighted by Crippen LogP contribution is -2.26. The first-order valence-corrected chi connectivity index (χ1v) is 6.63. The van der Waals surface area contributed by atoms with E-state index in [-0.39, 0.29) is 11.9 Å². The smallest absolute Gasteiger partial charge is 0.170 e. The third-order valence-corrected chi connectivity index (χ3v) is 3.26. The van der Waals surface area contributed by atoms with Gasteiger partial charge in [0.15, 0.2) is 5.78 Å². The minimum atomic E-state index is -0.0168. The Morgan fingerprint density at radius 3 is 3.05 bits per heavy atom. The summed E-state index contributed by atoms with van der Waals surface area (Å²) in [6, 6.07) is 4.98. The summed E-state index contributed by atoms with van der Waals surface area (Å²) in [5.74, 6) is 0.673. The number of hydrogen-bond acceptors (Lipinski definition) is 3. The number of carbonyl (C=O) groups excluding carboxylic acids is 1. The van der Waals surface area contributed by atoms with Crippen molar-refractivity contribution in [3.63, 3.8) is 0 Å². The number of ether oxygens (including phenoxy) is 1. The lowest BCUT2D eigenvalue weighted by atomic mass is 9.97. The molecule has 1 heterocycles. The lowest BCUT2D eigenvalue weighted by molar-refractivity contribution is 0.0835. The molecule has 1 aromatic carbocycles. The molecule has 5 nitrogen and oxygen atoms in total. The molecule has 1 unspecified atom stereocenters. The highest BCUT2D eigenvalue weighted by Crippen LogP contribution is 2.32. The van der Waals surface area contributed by atoms with Gasteiger partial charge in [0.2, 0.25) is 0 Å². The van der Waals surface area contributed by atoms with Crippen molar-refractivity contribution < 1.29 is 9.53 Å². The summed E-state index contributed by atoms with van der Waals surface area (Å²) >= 11 is 0. The number of Topliss-reactive ketones (excluding diaryl/α,β-unsaturated/α-hetero) is 1. The minimum absolute atomic E-state index is 0.0168. The van der Waals surface area contributed by atoms with E-state index in [4.69, 9.17) is 10.3 Å². The molecule has 2 rings (SSSR count). The van der Waals surface area contributed by atoms with Crippen LogP contribution in [-0.4, -0.2) is 11.9 Å². The molecule has 0 amide bonds. The van der Waals surface area contributed by atoms with E-state index < -0.39 is 0 Å². The summed E-state index contributed by atoms with van der Waals surface area (Å²) in [6.07, 6.45) is 4.72. The Bertz CT molecular complexity index is 521. The standard InChI is InChI=1S/C14H17N3O2/c1-2-3-4-5-11-9-13(18)12-8-10(16-17-15)6-7-14(12)19-11/h6-8,11H,2-5,9H2,1H3. The van der Waals surface area contributed by atoms with Crippen molar-refractivity contribution in [1.29, 1.82) is 0 Å². The summed E-state index contributed by atoms with van der Waals surface area (Å²) in [5, 5.41) is 3.50. The van der Waals surface area contributed by atoms with Crippen LogP contribution in [0.2, 0.25) is 0 Å². The highest BCUT2D eigenvalue weighted by molar-refractivity contribution is 6.00. The zero-order chi connectivity index (χ0) is 13.7. The SMILES string of the molecule is CCCCCC1CC(=O)c2cc(N=[N+]=[N-])ccc2O1. The molecule has 1 aromatic rings. The molecule has 100 valence electrons. The topological polar surface area (TPSA) is 75.1 Å². The fourth-order valence-corrected chi connectivity index (χ4v) is 2.27. The molecule has 0 spiro atoms. The Balaban J connectivity index is 2.12. The van der Waals surface area contributed by atoms with Gasteiger partial charge in [0.25, 0.3) is 0 Å². The van der Waals surface area contributed by atoms with Crippen LogP contribution in [0.25, 0.3) is 10.4 Å². The van der Waals surface area contributed by atoms with Crippen LogP contribution in [-0.2, 0) is 0 Å². The summed E-state index contributed by atoms with van der Waals surface area (Å²) in [7, 11) is 0. The van der Waals surface area contributed by atoms with Crippen LogP contribution in [0.5, 0.6) is 5.75 Å². The summed E-state index contributed by atoms with van der Waals surface area (Å²) in [4.78, 5) is 14.8. The van der Waals surface area contributed by atoms with E-state index in [1.807, 2.05) is 0 Å². The number of ketones is 1. The molecule has 1 aliphatic heterocycles. The molecule has 0 N–H and O–H groups in total. The molecular weight excluding hydrogens is 242 g/mol. The number of rotatable bonds is 5. The molecule has 0 saturated carbocycles. The molecule has 5 heteroatoms. The van der Waals surface area contributed by atoms with E-state index in [0.29, 0.717) is 23.4 Å². The lowest BCUT2D eigenvalue weighted by Gasteiger charge is -2.25. The second-order valence-corrected chi connectivity index (χ2v) is 4.73. The Morgan fingerprint density at radius 2 is 2.32 bits per heavy atom. The Labute approximate surface area is 112 Å². The van der Waals surface area contributed by atoms with Crippen LogP contribution in [0.15, 0.2) is 23.3 Å². The van der Waals surface area contributed by atoms with Crippen LogP contribution in [0.3, 0.4) is 0 Å². The maximum atomic E-state index is 12.1. The number of unbranched alkanes of at least 4 members (excludes halogenated alkanes) is 2. The van der Waals surface area contributed by atoms with Gasteiger partial charge in [0.1, 0.15) is 11.9 Å². The Morgan fingerprint density at radius 1 is 1.47 bits per heavy atom. The molecule has 0 radical (unpaired) electrons. The Hall–Kier alpha value is -2.00. The number of azide groups is 1. The van der Waals surface area contributed by atoms with Crippen LogP contribution < -0.4 is 4.74 Å². The number of fused-ring (bicyclic) bond motifs is 1. The molecule has 0 saturated heterocycles. The maximum absolute atomic E-state index is 12.1. The van der Waals surface area contributed by atoms with Gasteiger partial charge in [0.05, 0.1) is 5.56 Å². The summed E-state index contributed by atoms with van der Waals surface area (Å²) in [5.41, 5.74) is 9.37. The summed E-state index contributed by atoms with van der Waals surface area (Å²) < 4.78 is 5.83. The molecule has 0 aliphatic carbocycles. The predicted octanol–water partition coefficient (Wildman–Crippen LogP) is 4.54. The molecule has 0 fully saturated rings. The predicted molar refractivity (Wildman–Crippen MR) is 72.8 cm³/mol. The van der Waals surface area contributed by atoms with Crippen molar-refractivity contribution in [1.82, 2.24) is 0 Å². The Kier molecular flexibility index (Phi) is 4.42. The van der Waals surface area contributed by atoms with Crippen LogP contribution in [0, 0.1) is 0 Å². The quantitative estimate of drug-likeness (QED) is 0.337. The normalized spacial score (nSPS) is 17.3. The first-order chi connectivity index (χ1) is 9.24. The zero-order valence-corrected chi connectivity index (χ0v) is 11.0. The highest BCUT2D eigenvalue weighted by Gasteiger charge is 2.26. The fourth-order valence-electron chi connectivity index (χ4n) is 2.27. The highest BCUT2D eigenvalue weighted by atomic mass is 16.5. The monoisotopic (exact) mass is 259 g/mol. The van der Waals surface area contributed by atoms with E-state index in [1.165, 1.54) is 0 Å². The zero-order valence-electron chi connectivity index (χ0n) is 11.0. The van der Waals surface area contributed by atoms with Gasteiger partial charge in [-0.25, -0.2) is 0 Å². The molecule has 19 heavy (non-hydrogen) atoms. The second-order valence-electron chi connectivity index (χ2n) is 4.73. The maximum Gasteiger partial charge on any atom is 0.170 e. The number of benzene rings is 1. The van der Waals surface area contributed by atoms with E-state index in [2.05, 4.69) is 16.9 Å². The molecule has 1 aliphatic rings. The van der Waals surface area contributed by atoms with E-state index >= 15 is 0 Å². The second kappa shape index (κ2) is 6.25. The minimum Gasteiger partial charge on any atom is -0.489 e. The van der Waals surface area contributed by atoms with E-state index in [1.54, 1.807) is 18.2 Å². The third-order valence-electron chi connectivity index (χ3n) is 3.26. The first-order valence-electron chi connectivity index (χ1n) is 6.63. The van der Waals surface area contributed by atoms with Crippen molar-refractivity contribution in [2.45, 2.75) is 45.1 Å². The van der Waals surface area contributed by atoms with Crippen LogP contribution >= 0.6 is 0 Å². The van der Waals surface area contributed by atoms with Crippen LogP contribution in [0.4, 0.5) is 5.69 Å². The van der Waals surface area contributed by atoms with Gasteiger partial charge in [-0.3, -0.25) is 4.79 Å². The van der Waals surface area contributed by atoms with Gasteiger partial charge in [-0.2, -0.15) is 0 Å². The molecule has 1 atom stereocenters. The molecule has 0 bridgehead atoms. The van der Waals surface area contributed by atoms with Crippen molar-refractivity contribution in [3.05, 3.63) is 34.2 Å². The van der Waals surface area contributed by atoms with Gasteiger partial charge in [-0.1, -0.05) is 24.9 Å². The first kappa shape index (κ1) is 13.4. The largest absolute Gasteiger partial charge is 0.489 e. The number of hydrogen-bond donors (Lipinski definition) is 0. The van der Waals surface area contributed by atoms with Crippen molar-refractivity contribution in [2.75, 3.05) is 0 Å². The number of carbonyl (C=O) groups is 1. The van der Waals surface area contributed by atoms with Crippen molar-refractivity contribution in [2.24, 2.45) is 5.11 Å². The van der Waals surface area contributed by atoms with E-state index in [0.717, 1.165) is 25.7 Å². The molecular formula is C14H17N3O2. The van der Waals surface area contributed by atoms with Crippen molar-refractivity contribution in [3.8, 4) is 5.75 Å². The van der Waals surface area contributed by atoms with Crippen LogP contribution in [0.1, 0.15) is 49.4 Å². The third kappa shape index (κ3) is 3.26. The fraction of sp³-hybridized carbons (Fsp3) is 0.500. The number of nitrogens with zero attached hydrogens (tertiary/aromatic N) is 3. The van der Waals surface area contributed by atoms with Gasteiger partial charge >= 0.3 is 0 Å². The van der Waals surface area contributed by atoms with Gasteiger partial charge in [0, 0.05) is 17.0 Å². The van der Waals surface area contributed by atoms with E-state index in [9.17, 15) is 4.79 Å². The van der Waals surface area contributed by atoms with Gasteiger partial charge in [-0.15, -0.1) is 0 Å². The summed E-state index contributed by atoms with van der Waals surface area (Å²) in [6.45, 7) is 2.15. The average molecular weight is 259 g/mol. The van der Waals surface area contributed by atoms with Gasteiger partial charge in [-0.05, 0) is 36.6 Å². The van der Waals surface area contributed by atoms with Crippen molar-refractivity contribution >= 4 is 11.5 Å². The average Bonchev–Trinajstić information content (AvgIpc) is 2.40. The van der Waals surface area contributed by atoms with Gasteiger partial charge < -0.3 is 4.74 Å².